The van der Waals surface area contributed by atoms with Gasteiger partial charge >= 0.3 is 0 Å². The number of aromatic nitrogens is 1. The Morgan fingerprint density at radius 2 is 1.95 bits per heavy atom. The van der Waals surface area contributed by atoms with Gasteiger partial charge in [0.1, 0.15) is 5.82 Å². The summed E-state index contributed by atoms with van der Waals surface area (Å²) in [5.41, 5.74) is 5.57. The highest BCUT2D eigenvalue weighted by Crippen LogP contribution is 2.25. The van der Waals surface area contributed by atoms with E-state index in [1.165, 1.54) is 6.42 Å². The summed E-state index contributed by atoms with van der Waals surface area (Å²) in [6.07, 6.45) is 8.69. The molecule has 0 saturated heterocycles. The molecule has 1 aromatic rings. The molecule has 0 aromatic carbocycles. The van der Waals surface area contributed by atoms with Crippen LogP contribution in [0.2, 0.25) is 0 Å². The lowest BCUT2D eigenvalue weighted by Gasteiger charge is -2.31. The first kappa shape index (κ1) is 15.8. The van der Waals surface area contributed by atoms with Gasteiger partial charge in [-0.05, 0) is 37.8 Å². The Bertz CT molecular complexity index is 429. The Kier molecular flexibility index (Phi) is 5.99. The maximum absolute atomic E-state index is 12.1. The van der Waals surface area contributed by atoms with Crippen LogP contribution in [0.15, 0.2) is 24.4 Å². The fraction of sp³-hybridized carbons (Fsp3) is 0.625. The lowest BCUT2D eigenvalue weighted by Crippen LogP contribution is -2.55. The molecule has 21 heavy (non-hydrogen) atoms. The van der Waals surface area contributed by atoms with Crippen LogP contribution in [0.25, 0.3) is 0 Å². The van der Waals surface area contributed by atoms with Crippen LogP contribution >= 0.6 is 0 Å². The third kappa shape index (κ3) is 5.01. The number of hydrogen-bond acceptors (Lipinski definition) is 4. The molecule has 5 nitrogen and oxygen atoms in total. The second kappa shape index (κ2) is 7.98. The molecule has 0 spiro atoms. The Labute approximate surface area is 126 Å². The highest BCUT2D eigenvalue weighted by molar-refractivity contribution is 5.86. The zero-order chi connectivity index (χ0) is 15.0. The number of hydrogen-bond donors (Lipinski definition) is 3. The van der Waals surface area contributed by atoms with Crippen LogP contribution in [-0.4, -0.2) is 29.5 Å². The number of unbranched alkanes of at least 4 members (excludes halogenated alkanes) is 1. The van der Waals surface area contributed by atoms with E-state index in [0.717, 1.165) is 50.9 Å². The molecule has 2 rings (SSSR count). The second-order valence-corrected chi connectivity index (χ2v) is 5.82. The lowest BCUT2D eigenvalue weighted by atomic mass is 9.82. The molecule has 116 valence electrons. The molecule has 1 saturated carbocycles. The van der Waals surface area contributed by atoms with Gasteiger partial charge in [-0.3, -0.25) is 4.79 Å². The van der Waals surface area contributed by atoms with Gasteiger partial charge in [0.05, 0.1) is 5.54 Å². The second-order valence-electron chi connectivity index (χ2n) is 5.82. The molecule has 0 unspecified atom stereocenters. The first-order valence-electron chi connectivity index (χ1n) is 7.93. The van der Waals surface area contributed by atoms with Crippen molar-refractivity contribution in [2.45, 2.75) is 50.5 Å². The molecule has 4 N–H and O–H groups in total. The van der Waals surface area contributed by atoms with E-state index in [1.807, 2.05) is 18.2 Å². The summed E-state index contributed by atoms with van der Waals surface area (Å²) in [7, 11) is 0. The number of nitrogens with zero attached hydrogens (tertiary/aromatic N) is 1. The monoisotopic (exact) mass is 290 g/mol. The molecule has 0 bridgehead atoms. The Hall–Kier alpha value is -1.62. The Morgan fingerprint density at radius 1 is 1.19 bits per heavy atom. The van der Waals surface area contributed by atoms with Gasteiger partial charge in [-0.2, -0.15) is 0 Å². The minimum atomic E-state index is -0.621. The first-order chi connectivity index (χ1) is 10.2. The quantitative estimate of drug-likeness (QED) is 0.671. The molecule has 0 atom stereocenters. The van der Waals surface area contributed by atoms with Crippen molar-refractivity contribution >= 4 is 11.7 Å². The summed E-state index contributed by atoms with van der Waals surface area (Å²) in [5.74, 6) is 0.921. The average Bonchev–Trinajstić information content (AvgIpc) is 2.52. The lowest BCUT2D eigenvalue weighted by molar-refractivity contribution is -0.127. The summed E-state index contributed by atoms with van der Waals surface area (Å²) in [6.45, 7) is 1.56. The third-order valence-corrected chi connectivity index (χ3v) is 4.06. The van der Waals surface area contributed by atoms with E-state index in [-0.39, 0.29) is 5.91 Å². The van der Waals surface area contributed by atoms with Crippen molar-refractivity contribution in [2.24, 2.45) is 5.73 Å². The highest BCUT2D eigenvalue weighted by Gasteiger charge is 2.34. The number of anilines is 1. The third-order valence-electron chi connectivity index (χ3n) is 4.06. The zero-order valence-electron chi connectivity index (χ0n) is 12.6. The van der Waals surface area contributed by atoms with Crippen LogP contribution in [0, 0.1) is 0 Å². The maximum atomic E-state index is 12.1. The van der Waals surface area contributed by atoms with Gasteiger partial charge in [0.25, 0.3) is 0 Å². The van der Waals surface area contributed by atoms with Crippen LogP contribution in [0.3, 0.4) is 0 Å². The largest absolute Gasteiger partial charge is 0.370 e. The maximum Gasteiger partial charge on any atom is 0.240 e. The number of nitrogens with one attached hydrogen (secondary N) is 2. The molecule has 1 aliphatic rings. The summed E-state index contributed by atoms with van der Waals surface area (Å²) in [6, 6.07) is 5.80. The molecule has 0 aliphatic heterocycles. The van der Waals surface area contributed by atoms with Crippen molar-refractivity contribution in [3.63, 3.8) is 0 Å². The first-order valence-corrected chi connectivity index (χ1v) is 7.93. The standard InChI is InChI=1S/C16H26N4O/c17-16(9-3-1-4-10-16)15(21)20-13-7-6-12-19-14-8-2-5-11-18-14/h2,5,8,11H,1,3-4,6-7,9-10,12-13,17H2,(H,18,19)(H,20,21). The fourth-order valence-electron chi connectivity index (χ4n) is 2.72. The molecule has 1 aromatic heterocycles. The SMILES string of the molecule is NC1(C(=O)NCCCCNc2ccccn2)CCCCC1. The van der Waals surface area contributed by atoms with Gasteiger partial charge in [-0.15, -0.1) is 0 Å². The van der Waals surface area contributed by atoms with E-state index in [2.05, 4.69) is 15.6 Å². The number of carbonyl (C=O) groups excluding carboxylic acids is 1. The number of nitrogens with two attached hydrogens (primary N) is 1. The van der Waals surface area contributed by atoms with Gasteiger partial charge in [-0.25, -0.2) is 4.98 Å². The van der Waals surface area contributed by atoms with E-state index in [9.17, 15) is 4.79 Å². The smallest absolute Gasteiger partial charge is 0.240 e. The summed E-state index contributed by atoms with van der Waals surface area (Å²) < 4.78 is 0. The minimum absolute atomic E-state index is 0.0277. The van der Waals surface area contributed by atoms with Crippen LogP contribution in [0.5, 0.6) is 0 Å². The molecule has 0 radical (unpaired) electrons. The minimum Gasteiger partial charge on any atom is -0.370 e. The van der Waals surface area contributed by atoms with Crippen molar-refractivity contribution in [3.05, 3.63) is 24.4 Å². The predicted octanol–water partition coefficient (Wildman–Crippen LogP) is 2.05. The van der Waals surface area contributed by atoms with Gasteiger partial charge in [-0.1, -0.05) is 25.3 Å². The number of rotatable bonds is 7. The highest BCUT2D eigenvalue weighted by atomic mass is 16.2. The normalized spacial score (nSPS) is 17.2. The molecule has 1 heterocycles. The summed E-state index contributed by atoms with van der Waals surface area (Å²) >= 11 is 0. The van der Waals surface area contributed by atoms with Crippen molar-refractivity contribution < 1.29 is 4.79 Å². The Balaban J connectivity index is 1.56. The molecule has 1 amide bonds. The molecule has 1 aliphatic carbocycles. The van der Waals surface area contributed by atoms with Crippen LogP contribution in [-0.2, 0) is 4.79 Å². The van der Waals surface area contributed by atoms with Crippen LogP contribution < -0.4 is 16.4 Å². The average molecular weight is 290 g/mol. The fourth-order valence-corrected chi connectivity index (χ4v) is 2.72. The number of pyridine rings is 1. The van der Waals surface area contributed by atoms with Gasteiger partial charge in [0.2, 0.25) is 5.91 Å². The summed E-state index contributed by atoms with van der Waals surface area (Å²) in [5, 5.41) is 6.24. The van der Waals surface area contributed by atoms with Gasteiger partial charge in [0.15, 0.2) is 0 Å². The molecular formula is C16H26N4O. The van der Waals surface area contributed by atoms with E-state index >= 15 is 0 Å². The van der Waals surface area contributed by atoms with Gasteiger partial charge in [0, 0.05) is 19.3 Å². The summed E-state index contributed by atoms with van der Waals surface area (Å²) in [4.78, 5) is 16.3. The van der Waals surface area contributed by atoms with Crippen molar-refractivity contribution in [2.75, 3.05) is 18.4 Å². The van der Waals surface area contributed by atoms with Crippen molar-refractivity contribution in [1.29, 1.82) is 0 Å². The predicted molar refractivity (Wildman–Crippen MR) is 85.0 cm³/mol. The van der Waals surface area contributed by atoms with Crippen LogP contribution in [0.4, 0.5) is 5.82 Å². The van der Waals surface area contributed by atoms with E-state index in [1.54, 1.807) is 6.20 Å². The zero-order valence-corrected chi connectivity index (χ0v) is 12.6. The molecular weight excluding hydrogens is 264 g/mol. The molecule has 5 heteroatoms. The van der Waals surface area contributed by atoms with Gasteiger partial charge < -0.3 is 16.4 Å². The van der Waals surface area contributed by atoms with E-state index < -0.39 is 5.54 Å². The van der Waals surface area contributed by atoms with E-state index in [0.29, 0.717) is 6.54 Å². The van der Waals surface area contributed by atoms with E-state index in [4.69, 9.17) is 5.73 Å². The number of carbonyl (C=O) groups is 1. The topological polar surface area (TPSA) is 80.0 Å². The Morgan fingerprint density at radius 3 is 2.67 bits per heavy atom. The van der Waals surface area contributed by atoms with Crippen molar-refractivity contribution in [1.82, 2.24) is 10.3 Å². The van der Waals surface area contributed by atoms with Crippen molar-refractivity contribution in [3.8, 4) is 0 Å². The number of amides is 1. The van der Waals surface area contributed by atoms with Crippen LogP contribution in [0.1, 0.15) is 44.9 Å². The molecule has 1 fully saturated rings.